The molecule has 1 aromatic rings. The summed E-state index contributed by atoms with van der Waals surface area (Å²) in [5.41, 5.74) is 4.53. The Morgan fingerprint density at radius 2 is 1.81 bits per heavy atom. The van der Waals surface area contributed by atoms with E-state index in [0.29, 0.717) is 0 Å². The molecule has 2 aliphatic heterocycles. The molecule has 0 aromatic heterocycles. The molecule has 0 N–H and O–H groups in total. The zero-order valence-electron chi connectivity index (χ0n) is 10.1. The molecule has 1 fully saturated rings. The minimum atomic E-state index is 1.12. The Balaban J connectivity index is 1.88. The maximum Gasteiger partial charge on any atom is 0.0369 e. The van der Waals surface area contributed by atoms with Crippen LogP contribution in [0.25, 0.3) is 0 Å². The molecule has 1 saturated heterocycles. The van der Waals surface area contributed by atoms with Gasteiger partial charge in [-0.1, -0.05) is 6.07 Å². The van der Waals surface area contributed by atoms with Gasteiger partial charge in [-0.15, -0.1) is 0 Å². The van der Waals surface area contributed by atoms with Crippen molar-refractivity contribution in [2.45, 2.75) is 25.8 Å². The Hall–Kier alpha value is -1.02. The van der Waals surface area contributed by atoms with Crippen LogP contribution in [-0.4, -0.2) is 31.6 Å². The van der Waals surface area contributed by atoms with Crippen LogP contribution in [0, 0.1) is 0 Å². The van der Waals surface area contributed by atoms with E-state index >= 15 is 0 Å². The van der Waals surface area contributed by atoms with Crippen molar-refractivity contribution in [3.63, 3.8) is 0 Å². The van der Waals surface area contributed by atoms with Gasteiger partial charge in [-0.2, -0.15) is 0 Å². The average Bonchev–Trinajstić information content (AvgIpc) is 2.81. The van der Waals surface area contributed by atoms with Crippen LogP contribution in [0.5, 0.6) is 0 Å². The fourth-order valence-corrected chi connectivity index (χ4v) is 2.86. The van der Waals surface area contributed by atoms with Gasteiger partial charge in [0.05, 0.1) is 0 Å². The molecule has 0 saturated carbocycles. The van der Waals surface area contributed by atoms with Gasteiger partial charge in [-0.25, -0.2) is 0 Å². The van der Waals surface area contributed by atoms with E-state index in [0.717, 1.165) is 6.54 Å². The maximum absolute atomic E-state index is 2.52. The number of anilines is 1. The van der Waals surface area contributed by atoms with E-state index in [1.165, 1.54) is 50.1 Å². The van der Waals surface area contributed by atoms with Crippen LogP contribution in [0.3, 0.4) is 0 Å². The highest BCUT2D eigenvalue weighted by Gasteiger charge is 2.17. The number of rotatable bonds is 1. The second kappa shape index (κ2) is 4.10. The summed E-state index contributed by atoms with van der Waals surface area (Å²) in [6, 6.07) is 7.07. The van der Waals surface area contributed by atoms with E-state index in [1.807, 2.05) is 0 Å². The second-order valence-electron chi connectivity index (χ2n) is 5.13. The van der Waals surface area contributed by atoms with Crippen molar-refractivity contribution in [2.24, 2.45) is 0 Å². The van der Waals surface area contributed by atoms with Crippen molar-refractivity contribution in [1.82, 2.24) is 4.90 Å². The molecule has 86 valence electrons. The number of hydrogen-bond acceptors (Lipinski definition) is 2. The van der Waals surface area contributed by atoms with E-state index in [2.05, 4.69) is 35.0 Å². The Morgan fingerprint density at radius 3 is 2.62 bits per heavy atom. The molecule has 2 nitrogen and oxygen atoms in total. The van der Waals surface area contributed by atoms with Crippen LogP contribution < -0.4 is 4.90 Å². The molecule has 0 unspecified atom stereocenters. The first-order valence-electron chi connectivity index (χ1n) is 6.38. The summed E-state index contributed by atoms with van der Waals surface area (Å²) in [4.78, 5) is 4.94. The van der Waals surface area contributed by atoms with Gasteiger partial charge in [0.15, 0.2) is 0 Å². The molecule has 0 bridgehead atoms. The van der Waals surface area contributed by atoms with E-state index in [-0.39, 0.29) is 0 Å². The van der Waals surface area contributed by atoms with Gasteiger partial charge in [0.2, 0.25) is 0 Å². The minimum Gasteiger partial charge on any atom is -0.372 e. The predicted octanol–water partition coefficient (Wildman–Crippen LogP) is 2.27. The molecule has 16 heavy (non-hydrogen) atoms. The van der Waals surface area contributed by atoms with Crippen LogP contribution in [0.15, 0.2) is 18.2 Å². The second-order valence-corrected chi connectivity index (χ2v) is 5.13. The van der Waals surface area contributed by atoms with Crippen molar-refractivity contribution in [2.75, 3.05) is 31.6 Å². The lowest BCUT2D eigenvalue weighted by molar-refractivity contribution is 0.313. The lowest BCUT2D eigenvalue weighted by Crippen LogP contribution is -2.27. The number of likely N-dealkylation sites (N-methyl/N-ethyl adjacent to an activating group) is 1. The van der Waals surface area contributed by atoms with Crippen LogP contribution in [0.2, 0.25) is 0 Å². The van der Waals surface area contributed by atoms with Crippen LogP contribution in [0.4, 0.5) is 5.69 Å². The third kappa shape index (κ3) is 1.82. The summed E-state index contributed by atoms with van der Waals surface area (Å²) in [5.74, 6) is 0. The van der Waals surface area contributed by atoms with Crippen molar-refractivity contribution in [1.29, 1.82) is 0 Å². The number of nitrogens with zero attached hydrogens (tertiary/aromatic N) is 2. The largest absolute Gasteiger partial charge is 0.372 e. The fraction of sp³-hybridized carbons (Fsp3) is 0.571. The van der Waals surface area contributed by atoms with Crippen molar-refractivity contribution >= 4 is 5.69 Å². The van der Waals surface area contributed by atoms with Crippen molar-refractivity contribution < 1.29 is 0 Å². The van der Waals surface area contributed by atoms with Gasteiger partial charge in [0.25, 0.3) is 0 Å². The first-order valence-corrected chi connectivity index (χ1v) is 6.38. The smallest absolute Gasteiger partial charge is 0.0369 e. The molecular formula is C14H20N2. The molecule has 3 rings (SSSR count). The topological polar surface area (TPSA) is 6.48 Å². The summed E-state index contributed by atoms with van der Waals surface area (Å²) in [7, 11) is 2.21. The molecule has 0 atom stereocenters. The Bertz CT molecular complexity index is 380. The van der Waals surface area contributed by atoms with Crippen molar-refractivity contribution in [3.05, 3.63) is 29.3 Å². The highest BCUT2D eigenvalue weighted by Crippen LogP contribution is 2.26. The van der Waals surface area contributed by atoms with Crippen LogP contribution in [-0.2, 0) is 13.0 Å². The summed E-state index contributed by atoms with van der Waals surface area (Å²) in [5, 5.41) is 0. The maximum atomic E-state index is 2.52. The Labute approximate surface area is 97.9 Å². The van der Waals surface area contributed by atoms with E-state index in [4.69, 9.17) is 0 Å². The lowest BCUT2D eigenvalue weighted by atomic mass is 9.99. The minimum absolute atomic E-state index is 1.12. The van der Waals surface area contributed by atoms with E-state index < -0.39 is 0 Å². The number of fused-ring (bicyclic) bond motifs is 1. The van der Waals surface area contributed by atoms with Gasteiger partial charge in [-0.3, -0.25) is 0 Å². The third-order valence-electron chi connectivity index (χ3n) is 3.86. The summed E-state index contributed by atoms with van der Waals surface area (Å²) in [6.45, 7) is 4.82. The zero-order valence-corrected chi connectivity index (χ0v) is 10.1. The summed E-state index contributed by atoms with van der Waals surface area (Å²) >= 11 is 0. The Morgan fingerprint density at radius 1 is 1.00 bits per heavy atom. The highest BCUT2D eigenvalue weighted by molar-refractivity contribution is 5.52. The normalized spacial score (nSPS) is 21.2. The third-order valence-corrected chi connectivity index (χ3v) is 3.86. The van der Waals surface area contributed by atoms with Gasteiger partial charge in [-0.05, 0) is 49.6 Å². The molecule has 2 aliphatic rings. The van der Waals surface area contributed by atoms with E-state index in [9.17, 15) is 0 Å². The fourth-order valence-electron chi connectivity index (χ4n) is 2.86. The van der Waals surface area contributed by atoms with Gasteiger partial charge < -0.3 is 9.80 Å². The molecule has 0 spiro atoms. The monoisotopic (exact) mass is 216 g/mol. The van der Waals surface area contributed by atoms with Gasteiger partial charge in [0.1, 0.15) is 0 Å². The molecule has 0 radical (unpaired) electrons. The van der Waals surface area contributed by atoms with Crippen LogP contribution >= 0.6 is 0 Å². The number of benzene rings is 1. The quantitative estimate of drug-likeness (QED) is 0.710. The van der Waals surface area contributed by atoms with E-state index in [1.54, 1.807) is 5.56 Å². The highest BCUT2D eigenvalue weighted by atomic mass is 15.1. The molecule has 2 heteroatoms. The number of hydrogen-bond donors (Lipinski definition) is 0. The first kappa shape index (κ1) is 10.2. The van der Waals surface area contributed by atoms with Crippen molar-refractivity contribution in [3.8, 4) is 0 Å². The Kier molecular flexibility index (Phi) is 2.60. The van der Waals surface area contributed by atoms with Gasteiger partial charge in [0, 0.05) is 31.9 Å². The first-order chi connectivity index (χ1) is 7.83. The average molecular weight is 216 g/mol. The summed E-state index contributed by atoms with van der Waals surface area (Å²) < 4.78 is 0. The van der Waals surface area contributed by atoms with Gasteiger partial charge >= 0.3 is 0 Å². The summed E-state index contributed by atoms with van der Waals surface area (Å²) in [6.07, 6.45) is 3.93. The van der Waals surface area contributed by atoms with Crippen LogP contribution in [0.1, 0.15) is 24.0 Å². The molecule has 2 heterocycles. The molecule has 1 aromatic carbocycles. The lowest BCUT2D eigenvalue weighted by Gasteiger charge is -2.27. The SMILES string of the molecule is CN1CCc2ccc(N3CCCC3)cc2C1. The molecular weight excluding hydrogens is 196 g/mol. The molecule has 0 amide bonds. The standard InChI is InChI=1S/C14H20N2/c1-15-9-6-12-4-5-14(10-13(12)11-15)16-7-2-3-8-16/h4-5,10H,2-3,6-9,11H2,1H3. The molecule has 0 aliphatic carbocycles. The predicted molar refractivity (Wildman–Crippen MR) is 67.9 cm³/mol. The zero-order chi connectivity index (χ0) is 11.0.